The lowest BCUT2D eigenvalue weighted by Crippen LogP contribution is -2.56. The van der Waals surface area contributed by atoms with Gasteiger partial charge in [-0.3, -0.25) is 9.69 Å². The van der Waals surface area contributed by atoms with E-state index in [1.165, 1.54) is 6.42 Å². The molecule has 2 atom stereocenters. The number of hydrogen-bond donors (Lipinski definition) is 1. The van der Waals surface area contributed by atoms with E-state index in [1.807, 2.05) is 32.9 Å². The number of carbonyl (C=O) groups excluding carboxylic acids is 2. The van der Waals surface area contributed by atoms with Crippen molar-refractivity contribution in [2.24, 2.45) is 18.7 Å². The summed E-state index contributed by atoms with van der Waals surface area (Å²) in [4.78, 5) is 27.7. The summed E-state index contributed by atoms with van der Waals surface area (Å²) >= 11 is 0. The summed E-state index contributed by atoms with van der Waals surface area (Å²) in [5.41, 5.74) is 8.62. The molecule has 4 rings (SSSR count). The number of fused-ring (bicyclic) bond motifs is 3. The van der Waals surface area contributed by atoms with E-state index in [1.54, 1.807) is 4.90 Å². The molecule has 30 heavy (non-hydrogen) atoms. The molecule has 0 bridgehead atoms. The number of nitrogens with two attached hydrogens (primary N) is 1. The Hall–Kier alpha value is -2.50. The first kappa shape index (κ1) is 20.8. The molecule has 6 heteroatoms. The quantitative estimate of drug-likeness (QED) is 0.793. The van der Waals surface area contributed by atoms with Crippen LogP contribution in [0.15, 0.2) is 24.3 Å². The van der Waals surface area contributed by atoms with Crippen molar-refractivity contribution in [1.82, 2.24) is 9.47 Å². The van der Waals surface area contributed by atoms with Crippen LogP contribution >= 0.6 is 0 Å². The van der Waals surface area contributed by atoms with E-state index in [0.29, 0.717) is 6.42 Å². The molecule has 1 aromatic heterocycles. The summed E-state index contributed by atoms with van der Waals surface area (Å²) in [6.07, 6.45) is 5.56. The predicted octanol–water partition coefficient (Wildman–Crippen LogP) is 4.45. The van der Waals surface area contributed by atoms with Crippen LogP contribution in [0.25, 0.3) is 10.9 Å². The number of rotatable bonds is 2. The Morgan fingerprint density at radius 3 is 2.40 bits per heavy atom. The van der Waals surface area contributed by atoms with Gasteiger partial charge in [0.25, 0.3) is 0 Å². The van der Waals surface area contributed by atoms with Gasteiger partial charge >= 0.3 is 6.09 Å². The topological polar surface area (TPSA) is 77.6 Å². The molecule has 2 amide bonds. The molecule has 0 spiro atoms. The lowest BCUT2D eigenvalue weighted by molar-refractivity contribution is -0.125. The summed E-state index contributed by atoms with van der Waals surface area (Å²) in [6.45, 7) is 5.56. The Bertz CT molecular complexity index is 966. The summed E-state index contributed by atoms with van der Waals surface area (Å²) in [7, 11) is 2.06. The fraction of sp³-hybridized carbons (Fsp3) is 0.583. The van der Waals surface area contributed by atoms with Gasteiger partial charge in [-0.1, -0.05) is 37.5 Å². The van der Waals surface area contributed by atoms with Crippen molar-refractivity contribution in [3.8, 4) is 0 Å². The number of aromatic nitrogens is 1. The Morgan fingerprint density at radius 2 is 1.77 bits per heavy atom. The van der Waals surface area contributed by atoms with Gasteiger partial charge in [-0.25, -0.2) is 4.79 Å². The second kappa shape index (κ2) is 7.64. The summed E-state index contributed by atoms with van der Waals surface area (Å²) in [5.74, 6) is -0.185. The molecule has 0 radical (unpaired) electrons. The van der Waals surface area contributed by atoms with E-state index in [4.69, 9.17) is 10.5 Å². The number of nitrogens with zero attached hydrogens (tertiary/aromatic N) is 2. The van der Waals surface area contributed by atoms with Crippen LogP contribution in [-0.2, 0) is 23.0 Å². The van der Waals surface area contributed by atoms with Gasteiger partial charge in [0.15, 0.2) is 0 Å². The van der Waals surface area contributed by atoms with Gasteiger partial charge in [0.1, 0.15) is 11.6 Å². The third-order valence-corrected chi connectivity index (χ3v) is 6.60. The molecule has 2 N–H and O–H groups in total. The molecular weight excluding hydrogens is 378 g/mol. The molecule has 1 aliphatic heterocycles. The fourth-order valence-electron chi connectivity index (χ4n) is 5.39. The van der Waals surface area contributed by atoms with Crippen molar-refractivity contribution in [3.05, 3.63) is 35.5 Å². The maximum Gasteiger partial charge on any atom is 0.411 e. The van der Waals surface area contributed by atoms with Crippen LogP contribution in [0.2, 0.25) is 0 Å². The second-order valence-electron chi connectivity index (χ2n) is 9.79. The lowest BCUT2D eigenvalue weighted by Gasteiger charge is -2.45. The summed E-state index contributed by atoms with van der Waals surface area (Å²) in [5, 5.41) is 1.14. The van der Waals surface area contributed by atoms with E-state index in [0.717, 1.165) is 47.8 Å². The van der Waals surface area contributed by atoms with Crippen LogP contribution in [0.1, 0.15) is 70.2 Å². The largest absolute Gasteiger partial charge is 0.444 e. The highest BCUT2D eigenvalue weighted by molar-refractivity contribution is 5.90. The third kappa shape index (κ3) is 3.57. The molecule has 2 aromatic rings. The number of benzene rings is 1. The number of para-hydroxylation sites is 1. The minimum Gasteiger partial charge on any atom is -0.444 e. The molecule has 2 aliphatic rings. The Morgan fingerprint density at radius 1 is 1.10 bits per heavy atom. The van der Waals surface area contributed by atoms with Crippen molar-refractivity contribution < 1.29 is 14.3 Å². The lowest BCUT2D eigenvalue weighted by atomic mass is 9.78. The number of aryl methyl sites for hydroxylation is 1. The van der Waals surface area contributed by atoms with Crippen molar-refractivity contribution in [3.63, 3.8) is 0 Å². The average molecular weight is 412 g/mol. The first-order valence-corrected chi connectivity index (χ1v) is 11.1. The van der Waals surface area contributed by atoms with Crippen LogP contribution in [0.3, 0.4) is 0 Å². The van der Waals surface area contributed by atoms with Gasteiger partial charge in [-0.05, 0) is 51.2 Å². The maximum absolute atomic E-state index is 13.4. The molecule has 0 saturated heterocycles. The van der Waals surface area contributed by atoms with Gasteiger partial charge < -0.3 is 15.0 Å². The smallest absolute Gasteiger partial charge is 0.411 e. The molecule has 1 aromatic carbocycles. The van der Waals surface area contributed by atoms with Crippen LogP contribution in [0.4, 0.5) is 4.79 Å². The van der Waals surface area contributed by atoms with E-state index in [-0.39, 0.29) is 12.0 Å². The van der Waals surface area contributed by atoms with E-state index >= 15 is 0 Å². The van der Waals surface area contributed by atoms with Crippen LogP contribution in [0, 0.1) is 5.92 Å². The fourth-order valence-corrected chi connectivity index (χ4v) is 5.39. The predicted molar refractivity (Wildman–Crippen MR) is 117 cm³/mol. The van der Waals surface area contributed by atoms with Crippen molar-refractivity contribution in [2.75, 3.05) is 0 Å². The number of hydrogen-bond acceptors (Lipinski definition) is 3. The van der Waals surface area contributed by atoms with Crippen molar-refractivity contribution >= 4 is 22.9 Å². The minimum absolute atomic E-state index is 0.209. The number of amides is 2. The highest BCUT2D eigenvalue weighted by Gasteiger charge is 2.47. The first-order chi connectivity index (χ1) is 14.2. The Labute approximate surface area is 178 Å². The summed E-state index contributed by atoms with van der Waals surface area (Å²) in [6, 6.07) is 7.35. The monoisotopic (exact) mass is 411 g/mol. The van der Waals surface area contributed by atoms with Gasteiger partial charge in [-0.2, -0.15) is 0 Å². The highest BCUT2D eigenvalue weighted by atomic mass is 16.6. The zero-order valence-electron chi connectivity index (χ0n) is 18.5. The number of carbonyl (C=O) groups is 2. The number of ether oxygens (including phenoxy) is 1. The van der Waals surface area contributed by atoms with Crippen LogP contribution in [0.5, 0.6) is 0 Å². The molecular formula is C24H33N3O3. The maximum atomic E-state index is 13.4. The molecule has 1 unspecified atom stereocenters. The average Bonchev–Trinajstić information content (AvgIpc) is 2.98. The standard InChI is InChI=1S/C24H33N3O3/c1-24(2,3)30-23(29)27-19(22(25)28)14-17-16-12-8-9-13-18(16)26(4)21(17)20(27)15-10-6-5-7-11-15/h8-9,12-13,15,19-20H,5-7,10-11,14H2,1-4H3,(H2,25,28)/t19-,20?/m1/s1. The van der Waals surface area contributed by atoms with Gasteiger partial charge in [0.05, 0.1) is 6.04 Å². The van der Waals surface area contributed by atoms with Gasteiger partial charge in [0, 0.05) is 30.1 Å². The number of primary amides is 1. The molecule has 1 saturated carbocycles. The highest BCUT2D eigenvalue weighted by Crippen LogP contribution is 2.46. The molecule has 162 valence electrons. The molecule has 2 heterocycles. The molecule has 1 aliphatic carbocycles. The van der Waals surface area contributed by atoms with E-state index in [9.17, 15) is 9.59 Å². The minimum atomic E-state index is -0.704. The van der Waals surface area contributed by atoms with Gasteiger partial charge in [-0.15, -0.1) is 0 Å². The van der Waals surface area contributed by atoms with Crippen molar-refractivity contribution in [2.45, 2.75) is 77.0 Å². The SMILES string of the molecule is Cn1c2c(c3ccccc31)C[C@H](C(N)=O)N(C(=O)OC(C)(C)C)C2C1CCCCC1. The second-order valence-corrected chi connectivity index (χ2v) is 9.79. The summed E-state index contributed by atoms with van der Waals surface area (Å²) < 4.78 is 7.98. The molecule has 1 fully saturated rings. The zero-order valence-corrected chi connectivity index (χ0v) is 18.5. The molecule has 6 nitrogen and oxygen atoms in total. The third-order valence-electron chi connectivity index (χ3n) is 6.60. The van der Waals surface area contributed by atoms with E-state index in [2.05, 4.69) is 23.7 Å². The van der Waals surface area contributed by atoms with Crippen molar-refractivity contribution in [1.29, 1.82) is 0 Å². The normalized spacial score (nSPS) is 22.7. The zero-order chi connectivity index (χ0) is 21.6. The first-order valence-electron chi connectivity index (χ1n) is 11.1. The van der Waals surface area contributed by atoms with Crippen LogP contribution < -0.4 is 5.73 Å². The van der Waals surface area contributed by atoms with E-state index < -0.39 is 23.6 Å². The van der Waals surface area contributed by atoms with Crippen LogP contribution in [-0.4, -0.2) is 33.1 Å². The Kier molecular flexibility index (Phi) is 5.28. The van der Waals surface area contributed by atoms with Gasteiger partial charge in [0.2, 0.25) is 5.91 Å². The Balaban J connectivity index is 1.91.